The quantitative estimate of drug-likeness (QED) is 0.497. The van der Waals surface area contributed by atoms with Crippen molar-refractivity contribution >= 4 is 35.1 Å². The molecular weight excluding hydrogens is 427 g/mol. The summed E-state index contributed by atoms with van der Waals surface area (Å²) >= 11 is 5.25. The van der Waals surface area contributed by atoms with Crippen molar-refractivity contribution in [3.05, 3.63) is 35.9 Å². The highest BCUT2D eigenvalue weighted by atomic mass is 32.1. The first kappa shape index (κ1) is 23.2. The van der Waals surface area contributed by atoms with Crippen LogP contribution in [0.25, 0.3) is 0 Å². The molecule has 0 saturated heterocycles. The Balaban J connectivity index is 2.38. The molecule has 0 aliphatic rings. The molecule has 164 valence electrons. The van der Waals surface area contributed by atoms with Crippen LogP contribution in [-0.4, -0.2) is 51.3 Å². The molecule has 9 nitrogen and oxygen atoms in total. The van der Waals surface area contributed by atoms with Gasteiger partial charge in [-0.1, -0.05) is 0 Å². The number of aromatic amines is 1. The molecule has 0 bridgehead atoms. The number of carbonyl (C=O) groups is 2. The van der Waals surface area contributed by atoms with Gasteiger partial charge in [-0.2, -0.15) is 18.3 Å². The summed E-state index contributed by atoms with van der Waals surface area (Å²) in [5.41, 5.74) is 0.373. The lowest BCUT2D eigenvalue weighted by atomic mass is 10.3. The maximum absolute atomic E-state index is 12.8. The summed E-state index contributed by atoms with van der Waals surface area (Å²) in [6, 6.07) is 2.86. The molecule has 2 aromatic heterocycles. The molecule has 0 aromatic carbocycles. The molecule has 0 fully saturated rings. The average Bonchev–Trinajstić information content (AvgIpc) is 3.28. The van der Waals surface area contributed by atoms with Gasteiger partial charge in [0.2, 0.25) is 0 Å². The number of ether oxygens (including phenoxy) is 2. The highest BCUT2D eigenvalue weighted by molar-refractivity contribution is 7.80. The van der Waals surface area contributed by atoms with E-state index in [0.717, 1.165) is 4.68 Å². The largest absolute Gasteiger partial charge is 0.461 e. The van der Waals surface area contributed by atoms with Crippen LogP contribution in [0, 0.1) is 0 Å². The minimum Gasteiger partial charge on any atom is -0.461 e. The molecule has 1 amide bonds. The van der Waals surface area contributed by atoms with Crippen LogP contribution in [0.4, 0.5) is 23.7 Å². The van der Waals surface area contributed by atoms with Crippen LogP contribution in [0.5, 0.6) is 0 Å². The van der Waals surface area contributed by atoms with Crippen LogP contribution in [-0.2, 0) is 22.6 Å². The van der Waals surface area contributed by atoms with Gasteiger partial charge in [0.05, 0.1) is 31.1 Å². The van der Waals surface area contributed by atoms with Crippen LogP contribution < -0.4 is 10.2 Å². The SMILES string of the molecule is CCOC(=O)NC(=S)N(Cc1ccnn1CC(F)(F)F)c1cc[nH]c1C(=O)OCC. The smallest absolute Gasteiger partial charge is 0.413 e. The number of carbonyl (C=O) groups excluding carboxylic acids is 2. The molecule has 30 heavy (non-hydrogen) atoms. The van der Waals surface area contributed by atoms with Gasteiger partial charge in [0.1, 0.15) is 12.2 Å². The molecule has 2 rings (SSSR count). The van der Waals surface area contributed by atoms with Crippen molar-refractivity contribution in [2.45, 2.75) is 33.1 Å². The van der Waals surface area contributed by atoms with Crippen molar-refractivity contribution in [2.24, 2.45) is 0 Å². The first-order valence-corrected chi connectivity index (χ1v) is 9.24. The normalized spacial score (nSPS) is 11.1. The summed E-state index contributed by atoms with van der Waals surface area (Å²) in [6.07, 6.45) is -2.68. The average molecular weight is 447 g/mol. The fraction of sp³-hybridized carbons (Fsp3) is 0.412. The minimum absolute atomic E-state index is 0.0201. The Morgan fingerprint density at radius 2 is 1.97 bits per heavy atom. The van der Waals surface area contributed by atoms with Crippen LogP contribution in [0.3, 0.4) is 0 Å². The van der Waals surface area contributed by atoms with E-state index in [1.807, 2.05) is 0 Å². The number of nitrogens with zero attached hydrogens (tertiary/aromatic N) is 3. The van der Waals surface area contributed by atoms with E-state index < -0.39 is 24.8 Å². The van der Waals surface area contributed by atoms with Crippen LogP contribution in [0.2, 0.25) is 0 Å². The first-order valence-electron chi connectivity index (χ1n) is 8.83. The summed E-state index contributed by atoms with van der Waals surface area (Å²) < 4.78 is 49.1. The van der Waals surface area contributed by atoms with Crippen molar-refractivity contribution < 1.29 is 32.2 Å². The van der Waals surface area contributed by atoms with Crippen molar-refractivity contribution in [2.75, 3.05) is 18.1 Å². The monoisotopic (exact) mass is 447 g/mol. The number of alkyl halides is 3. The number of halogens is 3. The number of esters is 1. The number of H-pyrrole nitrogens is 1. The molecular formula is C17H20F3N5O4S. The van der Waals surface area contributed by atoms with Crippen LogP contribution in [0.15, 0.2) is 24.5 Å². The third kappa shape index (κ3) is 6.20. The Kier molecular flexibility index (Phi) is 7.80. The summed E-state index contributed by atoms with van der Waals surface area (Å²) in [7, 11) is 0. The second-order valence-electron chi connectivity index (χ2n) is 5.79. The number of nitrogens with one attached hydrogen (secondary N) is 2. The van der Waals surface area contributed by atoms with Gasteiger partial charge in [-0.15, -0.1) is 0 Å². The first-order chi connectivity index (χ1) is 14.2. The number of alkyl carbamates (subject to hydrolysis) is 1. The minimum atomic E-state index is -4.49. The number of anilines is 1. The molecule has 0 spiro atoms. The van der Waals surface area contributed by atoms with E-state index in [1.165, 1.54) is 29.4 Å². The van der Waals surface area contributed by atoms with E-state index in [1.54, 1.807) is 13.8 Å². The van der Waals surface area contributed by atoms with Gasteiger partial charge in [-0.25, -0.2) is 9.59 Å². The van der Waals surface area contributed by atoms with Crippen LogP contribution >= 0.6 is 12.2 Å². The Hall–Kier alpha value is -3.09. The third-order valence-electron chi connectivity index (χ3n) is 3.68. The lowest BCUT2D eigenvalue weighted by Gasteiger charge is -2.25. The van der Waals surface area contributed by atoms with Gasteiger partial charge in [0.15, 0.2) is 5.11 Å². The van der Waals surface area contributed by atoms with E-state index >= 15 is 0 Å². The highest BCUT2D eigenvalue weighted by Gasteiger charge is 2.30. The fourth-order valence-corrected chi connectivity index (χ4v) is 2.76. The molecule has 0 radical (unpaired) electrons. The second kappa shape index (κ2) is 10.1. The topological polar surface area (TPSA) is 101 Å². The van der Waals surface area contributed by atoms with Gasteiger partial charge >= 0.3 is 18.2 Å². The van der Waals surface area contributed by atoms with Gasteiger partial charge in [-0.05, 0) is 38.2 Å². The van der Waals surface area contributed by atoms with Gasteiger partial charge in [-0.3, -0.25) is 10.00 Å². The lowest BCUT2D eigenvalue weighted by Crippen LogP contribution is -2.43. The molecule has 0 aliphatic heterocycles. The zero-order valence-corrected chi connectivity index (χ0v) is 17.0. The molecule has 0 atom stereocenters. The molecule has 2 N–H and O–H groups in total. The molecule has 0 unspecified atom stereocenters. The number of hydrogen-bond acceptors (Lipinski definition) is 6. The predicted molar refractivity (Wildman–Crippen MR) is 104 cm³/mol. The number of aromatic nitrogens is 3. The van der Waals surface area contributed by atoms with Gasteiger partial charge < -0.3 is 19.4 Å². The molecule has 13 heteroatoms. The Labute approximate surface area is 175 Å². The van der Waals surface area contributed by atoms with E-state index in [0.29, 0.717) is 0 Å². The van der Waals surface area contributed by atoms with Crippen LogP contribution in [0.1, 0.15) is 30.0 Å². The van der Waals surface area contributed by atoms with E-state index in [-0.39, 0.29) is 41.9 Å². The van der Waals surface area contributed by atoms with Gasteiger partial charge in [0.25, 0.3) is 0 Å². The van der Waals surface area contributed by atoms with Crippen molar-refractivity contribution in [3.63, 3.8) is 0 Å². The number of thiocarbonyl (C=S) groups is 1. The standard InChI is InChI=1S/C17H20F3N5O4S/c1-3-28-14(26)13-12(6-7-21-13)24(15(30)23-16(27)29-4-2)9-11-5-8-22-25(11)10-17(18,19)20/h5-8,21H,3-4,9-10H2,1-2H3,(H,23,27,30). The maximum atomic E-state index is 12.8. The number of hydrogen-bond donors (Lipinski definition) is 2. The number of amides is 1. The summed E-state index contributed by atoms with van der Waals surface area (Å²) in [6.45, 7) is 1.90. The van der Waals surface area contributed by atoms with Crippen molar-refractivity contribution in [3.8, 4) is 0 Å². The Morgan fingerprint density at radius 1 is 1.27 bits per heavy atom. The summed E-state index contributed by atoms with van der Waals surface area (Å²) in [5, 5.41) is 5.83. The van der Waals surface area contributed by atoms with E-state index in [2.05, 4.69) is 15.4 Å². The highest BCUT2D eigenvalue weighted by Crippen LogP contribution is 2.24. The van der Waals surface area contributed by atoms with E-state index in [4.69, 9.17) is 21.7 Å². The zero-order chi connectivity index (χ0) is 22.3. The molecule has 0 saturated carbocycles. The molecule has 2 heterocycles. The fourth-order valence-electron chi connectivity index (χ4n) is 2.51. The molecule has 2 aromatic rings. The van der Waals surface area contributed by atoms with E-state index in [9.17, 15) is 22.8 Å². The number of rotatable bonds is 7. The summed E-state index contributed by atoms with van der Waals surface area (Å²) in [5.74, 6) is -0.690. The van der Waals surface area contributed by atoms with Crippen molar-refractivity contribution in [1.82, 2.24) is 20.1 Å². The lowest BCUT2D eigenvalue weighted by molar-refractivity contribution is -0.143. The van der Waals surface area contributed by atoms with Gasteiger partial charge in [0, 0.05) is 12.4 Å². The third-order valence-corrected chi connectivity index (χ3v) is 4.00. The Bertz CT molecular complexity index is 896. The van der Waals surface area contributed by atoms with Crippen molar-refractivity contribution in [1.29, 1.82) is 0 Å². The second-order valence-corrected chi connectivity index (χ2v) is 6.18. The molecule has 0 aliphatic carbocycles. The Morgan fingerprint density at radius 3 is 2.60 bits per heavy atom. The predicted octanol–water partition coefficient (Wildman–Crippen LogP) is 2.99. The summed E-state index contributed by atoms with van der Waals surface area (Å²) in [4.78, 5) is 28.0. The maximum Gasteiger partial charge on any atom is 0.413 e. The zero-order valence-electron chi connectivity index (χ0n) is 16.2.